The molecule has 1 amide bonds. The Morgan fingerprint density at radius 3 is 2.18 bits per heavy atom. The van der Waals surface area contributed by atoms with Gasteiger partial charge in [0.05, 0.1) is 0 Å². The molecule has 0 saturated carbocycles. The summed E-state index contributed by atoms with van der Waals surface area (Å²) < 4.78 is 0. The zero-order valence-electron chi connectivity index (χ0n) is 11.2. The molecule has 94 valence electrons. The Bertz CT molecular complexity index is 398. The molecule has 0 atom stereocenters. The fourth-order valence-electron chi connectivity index (χ4n) is 1.87. The number of anilines is 1. The van der Waals surface area contributed by atoms with Gasteiger partial charge in [-0.1, -0.05) is 6.07 Å². The minimum atomic E-state index is 0.0478. The van der Waals surface area contributed by atoms with E-state index in [1.807, 2.05) is 13.8 Å². The van der Waals surface area contributed by atoms with Crippen molar-refractivity contribution < 1.29 is 4.79 Å². The Kier molecular flexibility index (Phi) is 4.70. The van der Waals surface area contributed by atoms with Crippen molar-refractivity contribution in [2.75, 3.05) is 11.9 Å². The van der Waals surface area contributed by atoms with Crippen LogP contribution in [0.1, 0.15) is 35.1 Å². The summed E-state index contributed by atoms with van der Waals surface area (Å²) in [4.78, 5) is 11.7. The predicted octanol–water partition coefficient (Wildman–Crippen LogP) is 2.60. The van der Waals surface area contributed by atoms with Crippen LogP contribution < -0.4 is 11.1 Å². The van der Waals surface area contributed by atoms with Gasteiger partial charge in [-0.3, -0.25) is 4.79 Å². The molecule has 0 aliphatic rings. The number of nitrogens with two attached hydrogens (primary N) is 1. The van der Waals surface area contributed by atoms with E-state index in [4.69, 9.17) is 5.73 Å². The maximum absolute atomic E-state index is 11.7. The number of hydrogen-bond acceptors (Lipinski definition) is 2. The maximum atomic E-state index is 11.7. The van der Waals surface area contributed by atoms with Gasteiger partial charge in [-0.05, 0) is 62.9 Å². The fourth-order valence-corrected chi connectivity index (χ4v) is 1.87. The third kappa shape index (κ3) is 3.30. The number of rotatable bonds is 4. The molecule has 0 spiro atoms. The molecule has 0 fully saturated rings. The van der Waals surface area contributed by atoms with Gasteiger partial charge in [0.25, 0.3) is 0 Å². The summed E-state index contributed by atoms with van der Waals surface area (Å²) in [6, 6.07) is 2.15. The Morgan fingerprint density at radius 2 is 1.71 bits per heavy atom. The highest BCUT2D eigenvalue weighted by Gasteiger charge is 2.10. The van der Waals surface area contributed by atoms with Gasteiger partial charge in [-0.2, -0.15) is 0 Å². The molecule has 3 nitrogen and oxygen atoms in total. The van der Waals surface area contributed by atoms with E-state index in [9.17, 15) is 4.79 Å². The monoisotopic (exact) mass is 234 g/mol. The zero-order valence-corrected chi connectivity index (χ0v) is 11.2. The summed E-state index contributed by atoms with van der Waals surface area (Å²) in [5.41, 5.74) is 11.1. The van der Waals surface area contributed by atoms with E-state index in [1.165, 1.54) is 11.1 Å². The first kappa shape index (κ1) is 13.7. The first-order valence-electron chi connectivity index (χ1n) is 6.04. The molecule has 0 bridgehead atoms. The lowest BCUT2D eigenvalue weighted by atomic mass is 9.98. The fraction of sp³-hybridized carbons (Fsp3) is 0.500. The number of nitrogens with one attached hydrogen (secondary N) is 1. The minimum Gasteiger partial charge on any atom is -0.330 e. The van der Waals surface area contributed by atoms with Crippen LogP contribution in [0, 0.1) is 27.7 Å². The molecular weight excluding hydrogens is 212 g/mol. The molecule has 3 heteroatoms. The second kappa shape index (κ2) is 5.82. The molecule has 1 aromatic rings. The lowest BCUT2D eigenvalue weighted by Crippen LogP contribution is -2.15. The van der Waals surface area contributed by atoms with Crippen LogP contribution in [0.4, 0.5) is 5.69 Å². The van der Waals surface area contributed by atoms with E-state index in [2.05, 4.69) is 25.2 Å². The van der Waals surface area contributed by atoms with Crippen LogP contribution in [0.15, 0.2) is 6.07 Å². The number of benzene rings is 1. The smallest absolute Gasteiger partial charge is 0.224 e. The molecule has 3 N–H and O–H groups in total. The highest BCUT2D eigenvalue weighted by atomic mass is 16.1. The van der Waals surface area contributed by atoms with Gasteiger partial charge in [0.2, 0.25) is 5.91 Å². The summed E-state index contributed by atoms with van der Waals surface area (Å²) in [5.74, 6) is 0.0478. The molecule has 0 radical (unpaired) electrons. The van der Waals surface area contributed by atoms with Crippen LogP contribution in [0.25, 0.3) is 0 Å². The molecule has 1 rings (SSSR count). The first-order chi connectivity index (χ1) is 7.97. The van der Waals surface area contributed by atoms with Crippen molar-refractivity contribution >= 4 is 11.6 Å². The number of aryl methyl sites for hydroxylation is 2. The van der Waals surface area contributed by atoms with Crippen molar-refractivity contribution in [2.24, 2.45) is 5.73 Å². The summed E-state index contributed by atoms with van der Waals surface area (Å²) in [5, 5.41) is 3.00. The average Bonchev–Trinajstić information content (AvgIpc) is 2.29. The SMILES string of the molecule is Cc1cc(C)c(C)c(NC(=O)CCCN)c1C. The number of carbonyl (C=O) groups excluding carboxylic acids is 1. The van der Waals surface area contributed by atoms with Crippen molar-refractivity contribution in [1.82, 2.24) is 0 Å². The van der Waals surface area contributed by atoms with Crippen LogP contribution in [-0.2, 0) is 4.79 Å². The van der Waals surface area contributed by atoms with Gasteiger partial charge in [-0.15, -0.1) is 0 Å². The van der Waals surface area contributed by atoms with Gasteiger partial charge in [0.15, 0.2) is 0 Å². The minimum absolute atomic E-state index is 0.0478. The van der Waals surface area contributed by atoms with Gasteiger partial charge in [0.1, 0.15) is 0 Å². The van der Waals surface area contributed by atoms with Crippen molar-refractivity contribution in [3.05, 3.63) is 28.3 Å². The Hall–Kier alpha value is -1.35. The van der Waals surface area contributed by atoms with Crippen LogP contribution >= 0.6 is 0 Å². The van der Waals surface area contributed by atoms with Crippen molar-refractivity contribution in [1.29, 1.82) is 0 Å². The molecule has 17 heavy (non-hydrogen) atoms. The third-order valence-electron chi connectivity index (χ3n) is 3.24. The standard InChI is InChI=1S/C14H22N2O/c1-9-8-10(2)12(4)14(11(9)3)16-13(17)6-5-7-15/h8H,5-7,15H2,1-4H3,(H,16,17). The number of carbonyl (C=O) groups is 1. The lowest BCUT2D eigenvalue weighted by molar-refractivity contribution is -0.116. The third-order valence-corrected chi connectivity index (χ3v) is 3.24. The molecule has 0 aromatic heterocycles. The molecule has 0 heterocycles. The molecule has 0 aliphatic heterocycles. The number of hydrogen-bond donors (Lipinski definition) is 2. The van der Waals surface area contributed by atoms with Gasteiger partial charge in [0, 0.05) is 12.1 Å². The Morgan fingerprint density at radius 1 is 1.18 bits per heavy atom. The second-order valence-corrected chi connectivity index (χ2v) is 4.58. The highest BCUT2D eigenvalue weighted by Crippen LogP contribution is 2.26. The van der Waals surface area contributed by atoms with Crippen molar-refractivity contribution in [3.8, 4) is 0 Å². The van der Waals surface area contributed by atoms with E-state index in [0.29, 0.717) is 13.0 Å². The van der Waals surface area contributed by atoms with Crippen LogP contribution in [0.3, 0.4) is 0 Å². The normalized spacial score (nSPS) is 10.4. The Balaban J connectivity index is 2.94. The van der Waals surface area contributed by atoms with Crippen LogP contribution in [-0.4, -0.2) is 12.5 Å². The van der Waals surface area contributed by atoms with Crippen molar-refractivity contribution in [3.63, 3.8) is 0 Å². The summed E-state index contributed by atoms with van der Waals surface area (Å²) in [7, 11) is 0. The zero-order chi connectivity index (χ0) is 13.0. The van der Waals surface area contributed by atoms with Crippen LogP contribution in [0.2, 0.25) is 0 Å². The largest absolute Gasteiger partial charge is 0.330 e. The topological polar surface area (TPSA) is 55.1 Å². The molecule has 1 aromatic carbocycles. The van der Waals surface area contributed by atoms with E-state index in [-0.39, 0.29) is 5.91 Å². The maximum Gasteiger partial charge on any atom is 0.224 e. The molecular formula is C14H22N2O. The van der Waals surface area contributed by atoms with Crippen LogP contribution in [0.5, 0.6) is 0 Å². The summed E-state index contributed by atoms with van der Waals surface area (Å²) in [6.07, 6.45) is 1.22. The summed E-state index contributed by atoms with van der Waals surface area (Å²) >= 11 is 0. The van der Waals surface area contributed by atoms with E-state index < -0.39 is 0 Å². The lowest BCUT2D eigenvalue weighted by Gasteiger charge is -2.16. The van der Waals surface area contributed by atoms with E-state index in [1.54, 1.807) is 0 Å². The Labute approximate surface area is 103 Å². The predicted molar refractivity (Wildman–Crippen MR) is 72.3 cm³/mol. The summed E-state index contributed by atoms with van der Waals surface area (Å²) in [6.45, 7) is 8.77. The highest BCUT2D eigenvalue weighted by molar-refractivity contribution is 5.92. The van der Waals surface area contributed by atoms with Gasteiger partial charge in [-0.25, -0.2) is 0 Å². The molecule has 0 aliphatic carbocycles. The second-order valence-electron chi connectivity index (χ2n) is 4.58. The van der Waals surface area contributed by atoms with E-state index >= 15 is 0 Å². The van der Waals surface area contributed by atoms with Gasteiger partial charge < -0.3 is 11.1 Å². The average molecular weight is 234 g/mol. The van der Waals surface area contributed by atoms with Gasteiger partial charge >= 0.3 is 0 Å². The first-order valence-corrected chi connectivity index (χ1v) is 6.04. The molecule has 0 saturated heterocycles. The van der Waals surface area contributed by atoms with E-state index in [0.717, 1.165) is 23.2 Å². The van der Waals surface area contributed by atoms with Crippen molar-refractivity contribution in [2.45, 2.75) is 40.5 Å². The molecule has 0 unspecified atom stereocenters. The number of amides is 1. The quantitative estimate of drug-likeness (QED) is 0.841.